The molecule has 1 saturated heterocycles. The van der Waals surface area contributed by atoms with Gasteiger partial charge in [0.15, 0.2) is 10.9 Å². The van der Waals surface area contributed by atoms with Gasteiger partial charge >= 0.3 is 0 Å². The molecule has 2 aromatic carbocycles. The first-order valence-corrected chi connectivity index (χ1v) is 10.7. The van der Waals surface area contributed by atoms with Gasteiger partial charge in [-0.05, 0) is 42.7 Å². The number of amides is 1. The maximum atomic E-state index is 13.0. The molecule has 1 aromatic heterocycles. The van der Waals surface area contributed by atoms with E-state index < -0.39 is 5.60 Å². The second-order valence-corrected chi connectivity index (χ2v) is 8.66. The number of aliphatic hydroxyl groups is 1. The Morgan fingerprint density at radius 2 is 2.00 bits per heavy atom. The van der Waals surface area contributed by atoms with E-state index in [-0.39, 0.29) is 12.5 Å². The third kappa shape index (κ3) is 4.37. The molecule has 154 valence electrons. The van der Waals surface area contributed by atoms with E-state index in [9.17, 15) is 9.90 Å². The average Bonchev–Trinajstić information content (AvgIpc) is 3.16. The summed E-state index contributed by atoms with van der Waals surface area (Å²) in [4.78, 5) is 20.1. The molecule has 1 fully saturated rings. The fraction of sp³-hybridized carbons (Fsp3) is 0.318. The maximum absolute atomic E-state index is 13.0. The maximum Gasteiger partial charge on any atom is 0.269 e. The highest BCUT2D eigenvalue weighted by molar-refractivity contribution is 7.18. The third-order valence-corrected chi connectivity index (χ3v) is 6.39. The van der Waals surface area contributed by atoms with E-state index in [2.05, 4.69) is 20.5 Å². The Labute approximate surface area is 179 Å². The van der Waals surface area contributed by atoms with Crippen molar-refractivity contribution in [1.29, 1.82) is 5.26 Å². The lowest BCUT2D eigenvalue weighted by molar-refractivity contribution is 0.0351. The number of hydrogen-bond acceptors (Lipinski definition) is 7. The standard InChI is InChI=1S/C22H23N5O2S/c1-22(29)8-12-27(13-9-22)21-26-19(24-11-10-23)18(30-21)20(28)25-17-7-6-15-4-2-3-5-16(15)14-17/h2-7,14,24,29H,8-9,11-13H2,1H3,(H,25,28). The van der Waals surface area contributed by atoms with Crippen LogP contribution in [0.4, 0.5) is 16.6 Å². The van der Waals surface area contributed by atoms with Crippen LogP contribution in [0.15, 0.2) is 42.5 Å². The third-order valence-electron chi connectivity index (χ3n) is 5.28. The van der Waals surface area contributed by atoms with Crippen LogP contribution in [0.25, 0.3) is 10.8 Å². The van der Waals surface area contributed by atoms with Crippen LogP contribution >= 0.6 is 11.3 Å². The SMILES string of the molecule is CC1(O)CCN(c2nc(NCC#N)c(C(=O)Nc3ccc4ccccc4c3)s2)CC1. The Hall–Kier alpha value is -3.15. The smallest absolute Gasteiger partial charge is 0.269 e. The van der Waals surface area contributed by atoms with Crippen molar-refractivity contribution in [1.82, 2.24) is 4.98 Å². The second-order valence-electron chi connectivity index (χ2n) is 7.69. The normalized spacial score (nSPS) is 15.6. The van der Waals surface area contributed by atoms with E-state index in [1.165, 1.54) is 11.3 Å². The number of nitriles is 1. The van der Waals surface area contributed by atoms with E-state index in [4.69, 9.17) is 5.26 Å². The highest BCUT2D eigenvalue weighted by atomic mass is 32.1. The Balaban J connectivity index is 1.57. The Morgan fingerprint density at radius 1 is 1.27 bits per heavy atom. The summed E-state index contributed by atoms with van der Waals surface area (Å²) in [6.07, 6.45) is 1.29. The summed E-state index contributed by atoms with van der Waals surface area (Å²) < 4.78 is 0. The average molecular weight is 422 g/mol. The molecule has 8 heteroatoms. The highest BCUT2D eigenvalue weighted by Crippen LogP contribution is 2.34. The van der Waals surface area contributed by atoms with E-state index in [0.29, 0.717) is 42.3 Å². The minimum absolute atomic E-state index is 0.0636. The summed E-state index contributed by atoms with van der Waals surface area (Å²) in [5, 5.41) is 27.9. The van der Waals surface area contributed by atoms with Gasteiger partial charge in [0.1, 0.15) is 11.4 Å². The number of carbonyl (C=O) groups excluding carboxylic acids is 1. The van der Waals surface area contributed by atoms with Gasteiger partial charge in [0, 0.05) is 18.8 Å². The topological polar surface area (TPSA) is 101 Å². The number of hydrogen-bond donors (Lipinski definition) is 3. The molecular weight excluding hydrogens is 398 g/mol. The zero-order chi connectivity index (χ0) is 21.1. The number of aromatic nitrogens is 1. The Morgan fingerprint density at radius 3 is 2.73 bits per heavy atom. The van der Waals surface area contributed by atoms with Gasteiger partial charge in [0.05, 0.1) is 11.7 Å². The van der Waals surface area contributed by atoms with Crippen LogP contribution in [0.3, 0.4) is 0 Å². The van der Waals surface area contributed by atoms with Crippen LogP contribution in [0, 0.1) is 11.3 Å². The highest BCUT2D eigenvalue weighted by Gasteiger charge is 2.30. The predicted octanol–water partition coefficient (Wildman–Crippen LogP) is 3.84. The quantitative estimate of drug-likeness (QED) is 0.541. The zero-order valence-electron chi connectivity index (χ0n) is 16.7. The first kappa shape index (κ1) is 20.1. The van der Waals surface area contributed by atoms with Gasteiger partial charge in [-0.1, -0.05) is 41.7 Å². The van der Waals surface area contributed by atoms with Gasteiger partial charge in [-0.3, -0.25) is 4.79 Å². The van der Waals surface area contributed by atoms with Crippen molar-refractivity contribution in [2.75, 3.05) is 35.2 Å². The lowest BCUT2D eigenvalue weighted by Gasteiger charge is -2.35. The van der Waals surface area contributed by atoms with Gasteiger partial charge in [0.25, 0.3) is 5.91 Å². The van der Waals surface area contributed by atoms with Crippen LogP contribution in [-0.2, 0) is 0 Å². The Bertz CT molecular complexity index is 1110. The summed E-state index contributed by atoms with van der Waals surface area (Å²) in [5.74, 6) is 0.144. The Kier molecular flexibility index (Phi) is 5.57. The van der Waals surface area contributed by atoms with Crippen LogP contribution in [0.2, 0.25) is 0 Å². The molecule has 7 nitrogen and oxygen atoms in total. The second kappa shape index (κ2) is 8.30. The molecule has 0 saturated carbocycles. The monoisotopic (exact) mass is 421 g/mol. The summed E-state index contributed by atoms with van der Waals surface area (Å²) >= 11 is 1.30. The van der Waals surface area contributed by atoms with Crippen molar-refractivity contribution in [2.45, 2.75) is 25.4 Å². The van der Waals surface area contributed by atoms with Crippen molar-refractivity contribution in [2.24, 2.45) is 0 Å². The fourth-order valence-electron chi connectivity index (χ4n) is 3.48. The van der Waals surface area contributed by atoms with E-state index >= 15 is 0 Å². The molecule has 0 radical (unpaired) electrons. The molecule has 0 bridgehead atoms. The number of nitrogens with zero attached hydrogens (tertiary/aromatic N) is 3. The van der Waals surface area contributed by atoms with Crippen molar-refractivity contribution < 1.29 is 9.90 Å². The molecule has 1 aliphatic heterocycles. The molecule has 0 atom stereocenters. The molecule has 0 aliphatic carbocycles. The van der Waals surface area contributed by atoms with E-state index in [1.807, 2.05) is 55.5 Å². The van der Waals surface area contributed by atoms with Gasteiger partial charge < -0.3 is 20.6 Å². The van der Waals surface area contributed by atoms with Crippen LogP contribution in [-0.4, -0.2) is 41.2 Å². The number of piperidine rings is 1. The lowest BCUT2D eigenvalue weighted by Crippen LogP contribution is -2.42. The van der Waals surface area contributed by atoms with Crippen molar-refractivity contribution in [3.05, 3.63) is 47.3 Å². The number of rotatable bonds is 5. The zero-order valence-corrected chi connectivity index (χ0v) is 17.5. The largest absolute Gasteiger partial charge is 0.390 e. The van der Waals surface area contributed by atoms with Crippen molar-refractivity contribution in [3.63, 3.8) is 0 Å². The summed E-state index contributed by atoms with van der Waals surface area (Å²) in [6.45, 7) is 3.25. The molecule has 0 spiro atoms. The van der Waals surface area contributed by atoms with Gasteiger partial charge in [-0.15, -0.1) is 0 Å². The summed E-state index contributed by atoms with van der Waals surface area (Å²) in [7, 11) is 0. The lowest BCUT2D eigenvalue weighted by atomic mass is 9.94. The number of anilines is 3. The van der Waals surface area contributed by atoms with Crippen LogP contribution in [0.1, 0.15) is 29.4 Å². The number of thiazole rings is 1. The molecule has 4 rings (SSSR count). The van der Waals surface area contributed by atoms with Crippen LogP contribution in [0.5, 0.6) is 0 Å². The number of nitrogens with one attached hydrogen (secondary N) is 2. The first-order valence-electron chi connectivity index (χ1n) is 9.84. The van der Waals surface area contributed by atoms with Gasteiger partial charge in [-0.2, -0.15) is 5.26 Å². The molecule has 3 N–H and O–H groups in total. The summed E-state index contributed by atoms with van der Waals surface area (Å²) in [5.41, 5.74) is 0.0419. The molecule has 2 heterocycles. The molecule has 0 unspecified atom stereocenters. The van der Waals surface area contributed by atoms with E-state index in [0.717, 1.165) is 15.9 Å². The fourth-order valence-corrected chi connectivity index (χ4v) is 4.47. The van der Waals surface area contributed by atoms with Crippen molar-refractivity contribution >= 4 is 44.7 Å². The van der Waals surface area contributed by atoms with Gasteiger partial charge in [0.2, 0.25) is 0 Å². The molecule has 1 aliphatic rings. The van der Waals surface area contributed by atoms with Crippen molar-refractivity contribution in [3.8, 4) is 6.07 Å². The molecular formula is C22H23N5O2S. The number of fused-ring (bicyclic) bond motifs is 1. The first-order chi connectivity index (χ1) is 14.4. The van der Waals surface area contributed by atoms with Crippen LogP contribution < -0.4 is 15.5 Å². The predicted molar refractivity (Wildman–Crippen MR) is 120 cm³/mol. The number of carbonyl (C=O) groups is 1. The molecule has 30 heavy (non-hydrogen) atoms. The number of benzene rings is 2. The minimum atomic E-state index is -0.661. The van der Waals surface area contributed by atoms with E-state index in [1.54, 1.807) is 0 Å². The summed E-state index contributed by atoms with van der Waals surface area (Å²) in [6, 6.07) is 15.8. The van der Waals surface area contributed by atoms with Gasteiger partial charge in [-0.25, -0.2) is 4.98 Å². The minimum Gasteiger partial charge on any atom is -0.390 e. The molecule has 3 aromatic rings. The molecule has 1 amide bonds.